The molecule has 0 aromatic carbocycles. The van der Waals surface area contributed by atoms with E-state index in [9.17, 15) is 4.79 Å². The monoisotopic (exact) mass is 243 g/mol. The molecule has 1 rings (SSSR count). The van der Waals surface area contributed by atoms with Gasteiger partial charge in [-0.15, -0.1) is 0 Å². The number of likely N-dealkylation sites (tertiary alicyclic amines) is 1. The molecular weight excluding hydrogens is 218 g/mol. The minimum Gasteiger partial charge on any atom is -0.351 e. The quantitative estimate of drug-likeness (QED) is 0.641. The minimum absolute atomic E-state index is 0.230. The maximum Gasteiger partial charge on any atom is 0.223 e. The summed E-state index contributed by atoms with van der Waals surface area (Å²) >= 11 is 0. The smallest absolute Gasteiger partial charge is 0.223 e. The minimum atomic E-state index is -0.278. The van der Waals surface area contributed by atoms with E-state index >= 15 is 0 Å². The van der Waals surface area contributed by atoms with Crippen molar-refractivity contribution in [3.8, 4) is 0 Å². The van der Waals surface area contributed by atoms with Crippen LogP contribution in [-0.2, 0) is 14.3 Å². The van der Waals surface area contributed by atoms with Crippen LogP contribution in [0.4, 0.5) is 0 Å². The summed E-state index contributed by atoms with van der Waals surface area (Å²) in [5.41, 5.74) is 0. The van der Waals surface area contributed by atoms with Crippen LogP contribution in [-0.4, -0.2) is 43.4 Å². The Morgan fingerprint density at radius 2 is 1.88 bits per heavy atom. The largest absolute Gasteiger partial charge is 0.351 e. The summed E-state index contributed by atoms with van der Waals surface area (Å²) in [5, 5.41) is 0. The lowest BCUT2D eigenvalue weighted by atomic mass is 9.95. The van der Waals surface area contributed by atoms with Gasteiger partial charge in [0.1, 0.15) is 0 Å². The van der Waals surface area contributed by atoms with Gasteiger partial charge in [0.15, 0.2) is 6.29 Å². The molecule has 0 N–H and O–H groups in total. The molecule has 100 valence electrons. The van der Waals surface area contributed by atoms with E-state index in [4.69, 9.17) is 9.47 Å². The molecule has 1 unspecified atom stereocenters. The van der Waals surface area contributed by atoms with Crippen molar-refractivity contribution in [3.05, 3.63) is 0 Å². The number of hydrogen-bond donors (Lipinski definition) is 0. The highest BCUT2D eigenvalue weighted by molar-refractivity contribution is 5.78. The van der Waals surface area contributed by atoms with Gasteiger partial charge in [-0.05, 0) is 25.7 Å². The van der Waals surface area contributed by atoms with Crippen LogP contribution in [0.2, 0.25) is 0 Å². The normalized spacial score (nSPS) is 20.9. The molecule has 1 aliphatic rings. The fourth-order valence-corrected chi connectivity index (χ4v) is 2.13. The first kappa shape index (κ1) is 14.5. The Bertz CT molecular complexity index is 237. The van der Waals surface area contributed by atoms with Crippen LogP contribution >= 0.6 is 0 Å². The molecular formula is C13H25NO3. The standard InChI is InChI=1S/C13H25NO3/c1-5-16-13(17-6-2)9-14-8-11(10(3)4)7-12(14)15/h10-11,13H,5-9H2,1-4H3. The summed E-state index contributed by atoms with van der Waals surface area (Å²) in [5.74, 6) is 1.26. The molecule has 0 spiro atoms. The Kier molecular flexibility index (Phi) is 5.92. The molecule has 1 heterocycles. The zero-order chi connectivity index (χ0) is 12.8. The fourth-order valence-electron chi connectivity index (χ4n) is 2.13. The van der Waals surface area contributed by atoms with Crippen molar-refractivity contribution in [2.24, 2.45) is 11.8 Å². The van der Waals surface area contributed by atoms with Gasteiger partial charge in [-0.2, -0.15) is 0 Å². The van der Waals surface area contributed by atoms with Gasteiger partial charge in [0.2, 0.25) is 5.91 Å². The number of ether oxygens (including phenoxy) is 2. The number of nitrogens with zero attached hydrogens (tertiary/aromatic N) is 1. The van der Waals surface area contributed by atoms with E-state index in [1.807, 2.05) is 18.7 Å². The van der Waals surface area contributed by atoms with E-state index in [0.717, 1.165) is 6.54 Å². The summed E-state index contributed by atoms with van der Waals surface area (Å²) < 4.78 is 10.9. The molecule has 0 saturated carbocycles. The average molecular weight is 243 g/mol. The molecule has 0 aromatic heterocycles. The van der Waals surface area contributed by atoms with Crippen LogP contribution in [0, 0.1) is 11.8 Å². The molecule has 1 atom stereocenters. The summed E-state index contributed by atoms with van der Waals surface area (Å²) in [6.07, 6.45) is 0.391. The highest BCUT2D eigenvalue weighted by atomic mass is 16.7. The number of amides is 1. The highest BCUT2D eigenvalue weighted by Gasteiger charge is 2.32. The predicted molar refractivity (Wildman–Crippen MR) is 66.6 cm³/mol. The van der Waals surface area contributed by atoms with E-state index in [2.05, 4.69) is 13.8 Å². The van der Waals surface area contributed by atoms with Gasteiger partial charge in [-0.3, -0.25) is 4.79 Å². The van der Waals surface area contributed by atoms with Gasteiger partial charge < -0.3 is 14.4 Å². The number of rotatable bonds is 7. The molecule has 0 radical (unpaired) electrons. The van der Waals surface area contributed by atoms with Crippen molar-refractivity contribution in [1.29, 1.82) is 0 Å². The molecule has 0 bridgehead atoms. The molecule has 1 aliphatic heterocycles. The predicted octanol–water partition coefficient (Wildman–Crippen LogP) is 1.89. The fraction of sp³-hybridized carbons (Fsp3) is 0.923. The van der Waals surface area contributed by atoms with Crippen LogP contribution < -0.4 is 0 Å². The van der Waals surface area contributed by atoms with Crippen LogP contribution in [0.5, 0.6) is 0 Å². The van der Waals surface area contributed by atoms with E-state index in [-0.39, 0.29) is 12.2 Å². The van der Waals surface area contributed by atoms with E-state index < -0.39 is 0 Å². The maximum atomic E-state index is 11.8. The van der Waals surface area contributed by atoms with Crippen LogP contribution in [0.15, 0.2) is 0 Å². The Balaban J connectivity index is 2.46. The van der Waals surface area contributed by atoms with Gasteiger partial charge in [0.05, 0.1) is 6.54 Å². The first-order chi connectivity index (χ1) is 8.08. The zero-order valence-corrected chi connectivity index (χ0v) is 11.4. The Morgan fingerprint density at radius 3 is 2.29 bits per heavy atom. The Morgan fingerprint density at radius 1 is 1.29 bits per heavy atom. The Hall–Kier alpha value is -0.610. The lowest BCUT2D eigenvalue weighted by Gasteiger charge is -2.24. The van der Waals surface area contributed by atoms with Crippen molar-refractivity contribution < 1.29 is 14.3 Å². The third-order valence-electron chi connectivity index (χ3n) is 3.26. The SMILES string of the molecule is CCOC(CN1CC(C(C)C)CC1=O)OCC. The lowest BCUT2D eigenvalue weighted by molar-refractivity contribution is -0.155. The number of hydrogen-bond acceptors (Lipinski definition) is 3. The van der Waals surface area contributed by atoms with Gasteiger partial charge >= 0.3 is 0 Å². The third-order valence-corrected chi connectivity index (χ3v) is 3.26. The molecule has 1 saturated heterocycles. The number of carbonyl (C=O) groups is 1. The van der Waals surface area contributed by atoms with Gasteiger partial charge in [-0.1, -0.05) is 13.8 Å². The van der Waals surface area contributed by atoms with Crippen molar-refractivity contribution in [1.82, 2.24) is 4.90 Å². The zero-order valence-electron chi connectivity index (χ0n) is 11.4. The molecule has 4 heteroatoms. The Labute approximate surface area is 104 Å². The molecule has 17 heavy (non-hydrogen) atoms. The maximum absolute atomic E-state index is 11.8. The van der Waals surface area contributed by atoms with Crippen LogP contribution in [0.3, 0.4) is 0 Å². The van der Waals surface area contributed by atoms with E-state index in [1.54, 1.807) is 0 Å². The molecule has 0 aliphatic carbocycles. The van der Waals surface area contributed by atoms with Gasteiger partial charge in [0.25, 0.3) is 0 Å². The van der Waals surface area contributed by atoms with Crippen LogP contribution in [0.25, 0.3) is 0 Å². The molecule has 1 amide bonds. The molecule has 1 fully saturated rings. The van der Waals surface area contributed by atoms with E-state index in [1.165, 1.54) is 0 Å². The van der Waals surface area contributed by atoms with Crippen LogP contribution in [0.1, 0.15) is 34.1 Å². The topological polar surface area (TPSA) is 38.8 Å². The summed E-state index contributed by atoms with van der Waals surface area (Å²) in [4.78, 5) is 13.7. The summed E-state index contributed by atoms with van der Waals surface area (Å²) in [7, 11) is 0. The van der Waals surface area contributed by atoms with Crippen molar-refractivity contribution in [2.75, 3.05) is 26.3 Å². The number of carbonyl (C=O) groups excluding carboxylic acids is 1. The highest BCUT2D eigenvalue weighted by Crippen LogP contribution is 2.25. The summed E-state index contributed by atoms with van der Waals surface area (Å²) in [6, 6.07) is 0. The first-order valence-corrected chi connectivity index (χ1v) is 6.59. The average Bonchev–Trinajstić information content (AvgIpc) is 2.61. The van der Waals surface area contributed by atoms with Gasteiger partial charge in [0, 0.05) is 26.2 Å². The second-order valence-corrected chi connectivity index (χ2v) is 4.85. The lowest BCUT2D eigenvalue weighted by Crippen LogP contribution is -2.37. The second-order valence-electron chi connectivity index (χ2n) is 4.85. The van der Waals surface area contributed by atoms with Crippen molar-refractivity contribution in [3.63, 3.8) is 0 Å². The summed E-state index contributed by atoms with van der Waals surface area (Å²) in [6.45, 7) is 10.8. The second kappa shape index (κ2) is 6.97. The van der Waals surface area contributed by atoms with Crippen molar-refractivity contribution in [2.45, 2.75) is 40.4 Å². The third kappa shape index (κ3) is 4.28. The first-order valence-electron chi connectivity index (χ1n) is 6.59. The van der Waals surface area contributed by atoms with E-state index in [0.29, 0.717) is 38.0 Å². The molecule has 0 aromatic rings. The molecule has 4 nitrogen and oxygen atoms in total. The van der Waals surface area contributed by atoms with Gasteiger partial charge in [-0.25, -0.2) is 0 Å². The van der Waals surface area contributed by atoms with Crippen molar-refractivity contribution >= 4 is 5.91 Å².